The number of benzene rings is 20. The molecule has 0 spiro atoms. The molecular formula is C92H54. The first-order valence-corrected chi connectivity index (χ1v) is 32.1. The Morgan fingerprint density at radius 1 is 0.0870 bits per heavy atom. The third-order valence-corrected chi connectivity index (χ3v) is 20.5. The molecule has 20 rings (SSSR count). The highest BCUT2D eigenvalue weighted by molar-refractivity contribution is 6.25. The molecule has 0 atom stereocenters. The zero-order chi connectivity index (χ0) is 60.1. The van der Waals surface area contributed by atoms with Crippen LogP contribution in [0.15, 0.2) is 328 Å². The molecule has 0 aliphatic carbocycles. The van der Waals surface area contributed by atoms with Crippen LogP contribution in [0.2, 0.25) is 0 Å². The zero-order valence-electron chi connectivity index (χ0n) is 50.2. The summed E-state index contributed by atoms with van der Waals surface area (Å²) in [5, 5.41) is 35.1. The molecule has 0 unspecified atom stereocenters. The first kappa shape index (κ1) is 51.0. The van der Waals surface area contributed by atoms with E-state index in [2.05, 4.69) is 328 Å². The third kappa shape index (κ3) is 7.65. The molecule has 0 heteroatoms. The quantitative estimate of drug-likeness (QED) is 0.119. The van der Waals surface area contributed by atoms with Crippen LogP contribution >= 0.6 is 0 Å². The number of hydrogen-bond donors (Lipinski definition) is 0. The van der Waals surface area contributed by atoms with E-state index in [4.69, 9.17) is 0 Å². The summed E-state index contributed by atoms with van der Waals surface area (Å²) < 4.78 is 0. The molecule has 0 nitrogen and oxygen atoms in total. The molecule has 0 saturated carbocycles. The van der Waals surface area contributed by atoms with Gasteiger partial charge >= 0.3 is 0 Å². The summed E-state index contributed by atoms with van der Waals surface area (Å²) in [6.07, 6.45) is 0. The highest BCUT2D eigenvalue weighted by Crippen LogP contribution is 2.46. The lowest BCUT2D eigenvalue weighted by atomic mass is 9.87. The Morgan fingerprint density at radius 2 is 0.272 bits per heavy atom. The highest BCUT2D eigenvalue weighted by Gasteiger charge is 2.19. The number of hydrogen-bond acceptors (Lipinski definition) is 0. The SMILES string of the molecule is c1cc(-c2cccc3cc4ccc5c(-c6cccc7cc8ccc9c(-c%10cccc%11cc%12ccc%13c(-c%14cccc%15ccccc%14%15)cccc%13c%12cc%10%11)cccc9c8cc67)cccc5c4cc23)c2cc3c(ccc4c(-c5cccc6ccccc56)cccc43)cc2c1. The topological polar surface area (TPSA) is 0 Å². The van der Waals surface area contributed by atoms with Gasteiger partial charge in [-0.2, -0.15) is 0 Å². The van der Waals surface area contributed by atoms with Gasteiger partial charge in [-0.3, -0.25) is 0 Å². The van der Waals surface area contributed by atoms with Crippen molar-refractivity contribution in [1.82, 2.24) is 0 Å². The van der Waals surface area contributed by atoms with Crippen molar-refractivity contribution < 1.29 is 0 Å². The molecular weight excluding hydrogens is 1110 g/mol. The molecule has 0 aromatic heterocycles. The molecule has 0 aliphatic heterocycles. The van der Waals surface area contributed by atoms with Crippen LogP contribution in [0.1, 0.15) is 0 Å². The second-order valence-electron chi connectivity index (χ2n) is 25.3. The average Bonchev–Trinajstić information content (AvgIpc) is 0.854. The van der Waals surface area contributed by atoms with E-state index < -0.39 is 0 Å². The van der Waals surface area contributed by atoms with Crippen LogP contribution in [0.3, 0.4) is 0 Å². The lowest BCUT2D eigenvalue weighted by Crippen LogP contribution is -1.89. The van der Waals surface area contributed by atoms with Gasteiger partial charge in [-0.1, -0.05) is 279 Å². The van der Waals surface area contributed by atoms with E-state index in [0.717, 1.165) is 0 Å². The highest BCUT2D eigenvalue weighted by atomic mass is 14.2. The fourth-order valence-corrected chi connectivity index (χ4v) is 16.3. The molecule has 422 valence electrons. The summed E-state index contributed by atoms with van der Waals surface area (Å²) in [5.41, 5.74) is 12.5. The number of fused-ring (bicyclic) bond motifs is 18. The smallest absolute Gasteiger partial charge is 0.00986 e. The van der Waals surface area contributed by atoms with Gasteiger partial charge in [-0.05, 0) is 255 Å². The van der Waals surface area contributed by atoms with Crippen molar-refractivity contribution in [3.8, 4) is 55.6 Å². The Morgan fingerprint density at radius 3 is 0.543 bits per heavy atom. The Kier molecular flexibility index (Phi) is 11.0. The summed E-state index contributed by atoms with van der Waals surface area (Å²) in [6.45, 7) is 0. The second-order valence-corrected chi connectivity index (χ2v) is 25.3. The third-order valence-electron chi connectivity index (χ3n) is 20.5. The summed E-state index contributed by atoms with van der Waals surface area (Å²) in [6, 6.07) is 124. The van der Waals surface area contributed by atoms with Gasteiger partial charge in [0.25, 0.3) is 0 Å². The van der Waals surface area contributed by atoms with Gasteiger partial charge in [-0.15, -0.1) is 0 Å². The summed E-state index contributed by atoms with van der Waals surface area (Å²) in [7, 11) is 0. The minimum Gasteiger partial charge on any atom is -0.0616 e. The number of rotatable bonds is 5. The van der Waals surface area contributed by atoms with E-state index in [1.54, 1.807) is 0 Å². The van der Waals surface area contributed by atoms with E-state index in [1.165, 1.54) is 206 Å². The Balaban J connectivity index is 0.713. The van der Waals surface area contributed by atoms with Crippen LogP contribution in [0.5, 0.6) is 0 Å². The van der Waals surface area contributed by atoms with Gasteiger partial charge < -0.3 is 0 Å². The maximum atomic E-state index is 2.47. The Hall–Kier alpha value is -12.0. The molecule has 0 bridgehead atoms. The fraction of sp³-hybridized carbons (Fsp3) is 0. The van der Waals surface area contributed by atoms with Crippen molar-refractivity contribution in [2.45, 2.75) is 0 Å². The van der Waals surface area contributed by atoms with E-state index in [9.17, 15) is 0 Å². The minimum atomic E-state index is 1.23. The maximum Gasteiger partial charge on any atom is -0.00986 e. The predicted molar refractivity (Wildman–Crippen MR) is 399 cm³/mol. The second kappa shape index (κ2) is 19.8. The van der Waals surface area contributed by atoms with E-state index in [-0.39, 0.29) is 0 Å². The lowest BCUT2D eigenvalue weighted by molar-refractivity contribution is 1.69. The molecule has 0 fully saturated rings. The molecule has 20 aromatic carbocycles. The van der Waals surface area contributed by atoms with Crippen molar-refractivity contribution >= 4 is 151 Å². The first-order chi connectivity index (χ1) is 45.6. The van der Waals surface area contributed by atoms with Crippen LogP contribution in [0.4, 0.5) is 0 Å². The summed E-state index contributed by atoms with van der Waals surface area (Å²) in [4.78, 5) is 0. The summed E-state index contributed by atoms with van der Waals surface area (Å²) >= 11 is 0. The Labute approximate surface area is 530 Å². The van der Waals surface area contributed by atoms with Crippen molar-refractivity contribution in [2.24, 2.45) is 0 Å². The van der Waals surface area contributed by atoms with Crippen LogP contribution < -0.4 is 0 Å². The molecule has 0 amide bonds. The van der Waals surface area contributed by atoms with Gasteiger partial charge in [0.15, 0.2) is 0 Å². The van der Waals surface area contributed by atoms with Gasteiger partial charge in [0.1, 0.15) is 0 Å². The van der Waals surface area contributed by atoms with Crippen LogP contribution in [-0.2, 0) is 0 Å². The van der Waals surface area contributed by atoms with E-state index in [0.29, 0.717) is 0 Å². The Bertz CT molecular complexity index is 6610. The molecule has 92 heavy (non-hydrogen) atoms. The largest absolute Gasteiger partial charge is 0.0616 e. The molecule has 0 saturated heterocycles. The average molecular weight is 1160 g/mol. The van der Waals surface area contributed by atoms with Crippen molar-refractivity contribution in [2.75, 3.05) is 0 Å². The van der Waals surface area contributed by atoms with Gasteiger partial charge in [-0.25, -0.2) is 0 Å². The zero-order valence-corrected chi connectivity index (χ0v) is 50.2. The van der Waals surface area contributed by atoms with Crippen molar-refractivity contribution in [1.29, 1.82) is 0 Å². The molecule has 20 aromatic rings. The predicted octanol–water partition coefficient (Wildman–Crippen LogP) is 26.2. The monoisotopic (exact) mass is 1160 g/mol. The van der Waals surface area contributed by atoms with E-state index in [1.807, 2.05) is 0 Å². The van der Waals surface area contributed by atoms with Crippen LogP contribution in [0.25, 0.3) is 206 Å². The van der Waals surface area contributed by atoms with Gasteiger partial charge in [0.05, 0.1) is 0 Å². The summed E-state index contributed by atoms with van der Waals surface area (Å²) in [5.74, 6) is 0. The van der Waals surface area contributed by atoms with Crippen LogP contribution in [0, 0.1) is 0 Å². The fourth-order valence-electron chi connectivity index (χ4n) is 16.3. The minimum absolute atomic E-state index is 1.23. The van der Waals surface area contributed by atoms with Crippen LogP contribution in [-0.4, -0.2) is 0 Å². The van der Waals surface area contributed by atoms with Gasteiger partial charge in [0.2, 0.25) is 0 Å². The first-order valence-electron chi connectivity index (χ1n) is 32.1. The van der Waals surface area contributed by atoms with Crippen molar-refractivity contribution in [3.05, 3.63) is 328 Å². The maximum absolute atomic E-state index is 2.47. The lowest BCUT2D eigenvalue weighted by Gasteiger charge is -2.16. The van der Waals surface area contributed by atoms with E-state index >= 15 is 0 Å². The molecule has 0 aliphatic rings. The molecule has 0 N–H and O–H groups in total. The molecule has 0 radical (unpaired) electrons. The van der Waals surface area contributed by atoms with Crippen molar-refractivity contribution in [3.63, 3.8) is 0 Å². The standard InChI is InChI=1S/C92H54/c1-3-23-65-55(15-1)17-5-25-67(65)69-31-11-35-77-81(69)43-39-61-47-57-19-7-27-73(85(57)51-89(61)77)71-33-13-37-79-83(71)45-41-63-48-58-20-8-28-74(86(58)52-90(63)79)72-34-14-38-80-84(72)46-42-64-50-60-22-10-30-76(88(60)54-92(64)80)75-29-9-21-59-49-62-40-44-82-70(32-12-36-78(82)91(62)53-87(59)75)68-26-6-18-56-16-2-4-24-66(56)68/h1-54H. The molecule has 0 heterocycles. The van der Waals surface area contributed by atoms with Gasteiger partial charge in [0, 0.05) is 0 Å². The normalized spacial score (nSPS) is 12.1.